The molecule has 1 aliphatic heterocycles. The number of anilines is 2. The van der Waals surface area contributed by atoms with Crippen LogP contribution in [0.2, 0.25) is 0 Å². The number of nitrogen functional groups attached to an aromatic ring is 1. The van der Waals surface area contributed by atoms with Crippen molar-refractivity contribution < 1.29 is 0 Å². The van der Waals surface area contributed by atoms with E-state index in [0.29, 0.717) is 11.9 Å². The van der Waals surface area contributed by atoms with Gasteiger partial charge in [0.1, 0.15) is 17.5 Å². The number of aryl methyl sites for hydroxylation is 1. The van der Waals surface area contributed by atoms with Crippen LogP contribution in [0.25, 0.3) is 0 Å². The van der Waals surface area contributed by atoms with Gasteiger partial charge in [0.2, 0.25) is 0 Å². The number of piperazine rings is 1. The summed E-state index contributed by atoms with van der Waals surface area (Å²) in [5.74, 6) is 7.98. The van der Waals surface area contributed by atoms with Gasteiger partial charge in [-0.25, -0.2) is 15.8 Å². The van der Waals surface area contributed by atoms with Gasteiger partial charge in [0.05, 0.1) is 0 Å². The molecule has 19 heavy (non-hydrogen) atoms. The molecule has 6 heteroatoms. The molecule has 0 saturated carbocycles. The van der Waals surface area contributed by atoms with E-state index in [0.717, 1.165) is 43.4 Å². The van der Waals surface area contributed by atoms with Crippen molar-refractivity contribution in [1.29, 1.82) is 0 Å². The van der Waals surface area contributed by atoms with Crippen LogP contribution in [0.3, 0.4) is 0 Å². The second-order valence-corrected chi connectivity index (χ2v) is 5.33. The normalized spacial score (nSPS) is 17.1. The van der Waals surface area contributed by atoms with Crippen LogP contribution in [0.15, 0.2) is 0 Å². The third kappa shape index (κ3) is 2.96. The molecular weight excluding hydrogens is 240 g/mol. The molecule has 1 saturated heterocycles. The van der Waals surface area contributed by atoms with Crippen LogP contribution in [-0.2, 0) is 0 Å². The summed E-state index contributed by atoms with van der Waals surface area (Å²) in [4.78, 5) is 13.7. The number of hydrogen-bond acceptors (Lipinski definition) is 6. The summed E-state index contributed by atoms with van der Waals surface area (Å²) in [6.45, 7) is 12.5. The van der Waals surface area contributed by atoms with Crippen LogP contribution >= 0.6 is 0 Å². The van der Waals surface area contributed by atoms with Gasteiger partial charge in [0.15, 0.2) is 0 Å². The minimum absolute atomic E-state index is 0.608. The SMILES string of the molecule is Cc1nc(NN)c(C)c(N2CCN(C(C)C)CC2)n1. The predicted molar refractivity (Wildman–Crippen MR) is 78.2 cm³/mol. The van der Waals surface area contributed by atoms with Crippen molar-refractivity contribution in [3.05, 3.63) is 11.4 Å². The number of hydrazine groups is 1. The molecule has 1 aromatic rings. The third-order valence-corrected chi connectivity index (χ3v) is 3.71. The van der Waals surface area contributed by atoms with Gasteiger partial charge in [-0.05, 0) is 27.7 Å². The first-order valence-corrected chi connectivity index (χ1v) is 6.83. The molecule has 0 atom stereocenters. The maximum absolute atomic E-state index is 5.51. The molecule has 3 N–H and O–H groups in total. The van der Waals surface area contributed by atoms with Crippen molar-refractivity contribution in [2.24, 2.45) is 5.84 Å². The smallest absolute Gasteiger partial charge is 0.148 e. The van der Waals surface area contributed by atoms with Gasteiger partial charge >= 0.3 is 0 Å². The van der Waals surface area contributed by atoms with Gasteiger partial charge in [0.25, 0.3) is 0 Å². The summed E-state index contributed by atoms with van der Waals surface area (Å²) in [6, 6.07) is 0.608. The zero-order valence-electron chi connectivity index (χ0n) is 12.3. The number of hydrogen-bond donors (Lipinski definition) is 2. The zero-order valence-corrected chi connectivity index (χ0v) is 12.3. The molecule has 0 unspecified atom stereocenters. The highest BCUT2D eigenvalue weighted by atomic mass is 15.3. The molecule has 1 aliphatic rings. The Morgan fingerprint density at radius 3 is 2.26 bits per heavy atom. The highest BCUT2D eigenvalue weighted by molar-refractivity contribution is 5.58. The summed E-state index contributed by atoms with van der Waals surface area (Å²) < 4.78 is 0. The molecule has 1 fully saturated rings. The Hall–Kier alpha value is -1.40. The molecule has 2 rings (SSSR count). The van der Waals surface area contributed by atoms with Crippen LogP contribution in [0.4, 0.5) is 11.6 Å². The quantitative estimate of drug-likeness (QED) is 0.624. The molecule has 1 aromatic heterocycles. The number of nitrogens with two attached hydrogens (primary N) is 1. The minimum atomic E-state index is 0.608. The molecule has 6 nitrogen and oxygen atoms in total. The van der Waals surface area contributed by atoms with E-state index in [1.165, 1.54) is 0 Å². The second kappa shape index (κ2) is 5.71. The fraction of sp³-hybridized carbons (Fsp3) is 0.692. The third-order valence-electron chi connectivity index (χ3n) is 3.71. The lowest BCUT2D eigenvalue weighted by molar-refractivity contribution is 0.209. The largest absolute Gasteiger partial charge is 0.354 e. The molecule has 0 amide bonds. The number of nitrogens with one attached hydrogen (secondary N) is 1. The van der Waals surface area contributed by atoms with E-state index in [9.17, 15) is 0 Å². The van der Waals surface area contributed by atoms with E-state index in [1.807, 2.05) is 13.8 Å². The first kappa shape index (κ1) is 14.0. The lowest BCUT2D eigenvalue weighted by atomic mass is 10.2. The van der Waals surface area contributed by atoms with Gasteiger partial charge in [-0.3, -0.25) is 4.90 Å². The topological polar surface area (TPSA) is 70.3 Å². The molecule has 106 valence electrons. The Balaban J connectivity index is 2.17. The van der Waals surface area contributed by atoms with Gasteiger partial charge in [-0.1, -0.05) is 0 Å². The van der Waals surface area contributed by atoms with E-state index >= 15 is 0 Å². The maximum Gasteiger partial charge on any atom is 0.148 e. The first-order valence-electron chi connectivity index (χ1n) is 6.83. The van der Waals surface area contributed by atoms with Gasteiger partial charge in [-0.15, -0.1) is 0 Å². The van der Waals surface area contributed by atoms with Crippen LogP contribution in [0, 0.1) is 13.8 Å². The molecule has 2 heterocycles. The molecule has 0 radical (unpaired) electrons. The standard InChI is InChI=1S/C13H24N6/c1-9(2)18-5-7-19(8-6-18)13-10(3)12(17-14)15-11(4)16-13/h9H,5-8,14H2,1-4H3,(H,15,16,17). The fourth-order valence-electron chi connectivity index (χ4n) is 2.51. The molecule has 0 aromatic carbocycles. The summed E-state index contributed by atoms with van der Waals surface area (Å²) in [5.41, 5.74) is 3.67. The number of rotatable bonds is 3. The minimum Gasteiger partial charge on any atom is -0.354 e. The zero-order chi connectivity index (χ0) is 14.0. The highest BCUT2D eigenvalue weighted by Crippen LogP contribution is 2.24. The lowest BCUT2D eigenvalue weighted by Gasteiger charge is -2.38. The molecule has 0 bridgehead atoms. The summed E-state index contributed by atoms with van der Waals surface area (Å²) in [6.07, 6.45) is 0. The first-order chi connectivity index (χ1) is 9.02. The van der Waals surface area contributed by atoms with Crippen molar-refractivity contribution in [3.63, 3.8) is 0 Å². The van der Waals surface area contributed by atoms with Crippen molar-refractivity contribution in [3.8, 4) is 0 Å². The highest BCUT2D eigenvalue weighted by Gasteiger charge is 2.22. The van der Waals surface area contributed by atoms with E-state index in [-0.39, 0.29) is 0 Å². The van der Waals surface area contributed by atoms with E-state index < -0.39 is 0 Å². The van der Waals surface area contributed by atoms with Crippen LogP contribution in [0.1, 0.15) is 25.2 Å². The summed E-state index contributed by atoms with van der Waals surface area (Å²) in [5, 5.41) is 0. The Morgan fingerprint density at radius 1 is 1.11 bits per heavy atom. The Morgan fingerprint density at radius 2 is 1.74 bits per heavy atom. The average Bonchev–Trinajstić information content (AvgIpc) is 2.41. The Bertz CT molecular complexity index is 437. The average molecular weight is 264 g/mol. The van der Waals surface area contributed by atoms with Gasteiger partial charge < -0.3 is 10.3 Å². The van der Waals surface area contributed by atoms with Crippen molar-refractivity contribution >= 4 is 11.6 Å². The van der Waals surface area contributed by atoms with E-state index in [4.69, 9.17) is 5.84 Å². The Kier molecular flexibility index (Phi) is 4.21. The Labute approximate surface area is 115 Å². The predicted octanol–water partition coefficient (Wildman–Crippen LogP) is 0.909. The fourth-order valence-corrected chi connectivity index (χ4v) is 2.51. The van der Waals surface area contributed by atoms with E-state index in [2.05, 4.69) is 39.0 Å². The monoisotopic (exact) mass is 264 g/mol. The molecule has 0 aliphatic carbocycles. The number of aromatic nitrogens is 2. The van der Waals surface area contributed by atoms with Crippen LogP contribution in [-0.4, -0.2) is 47.1 Å². The molecular formula is C13H24N6. The number of nitrogens with zero attached hydrogens (tertiary/aromatic N) is 4. The van der Waals surface area contributed by atoms with Gasteiger partial charge in [0, 0.05) is 37.8 Å². The van der Waals surface area contributed by atoms with Crippen LogP contribution < -0.4 is 16.2 Å². The van der Waals surface area contributed by atoms with Crippen molar-refractivity contribution in [2.75, 3.05) is 36.5 Å². The summed E-state index contributed by atoms with van der Waals surface area (Å²) >= 11 is 0. The second-order valence-electron chi connectivity index (χ2n) is 5.33. The van der Waals surface area contributed by atoms with Crippen molar-refractivity contribution in [2.45, 2.75) is 33.7 Å². The maximum atomic E-state index is 5.51. The lowest BCUT2D eigenvalue weighted by Crippen LogP contribution is -2.49. The van der Waals surface area contributed by atoms with Gasteiger partial charge in [-0.2, -0.15) is 0 Å². The van der Waals surface area contributed by atoms with E-state index in [1.54, 1.807) is 0 Å². The van der Waals surface area contributed by atoms with Crippen molar-refractivity contribution in [1.82, 2.24) is 14.9 Å². The summed E-state index contributed by atoms with van der Waals surface area (Å²) in [7, 11) is 0. The molecule has 0 spiro atoms. The van der Waals surface area contributed by atoms with Crippen LogP contribution in [0.5, 0.6) is 0 Å².